The Labute approximate surface area is 174 Å². The zero-order valence-electron chi connectivity index (χ0n) is 16.2. The van der Waals surface area contributed by atoms with Gasteiger partial charge in [-0.3, -0.25) is 9.78 Å². The third kappa shape index (κ3) is 3.78. The Morgan fingerprint density at radius 1 is 0.867 bits per heavy atom. The largest absolute Gasteiger partial charge is 0.479 e. The van der Waals surface area contributed by atoms with Crippen LogP contribution < -0.4 is 5.32 Å². The molecule has 0 saturated heterocycles. The van der Waals surface area contributed by atoms with Gasteiger partial charge >= 0.3 is 5.97 Å². The van der Waals surface area contributed by atoms with E-state index in [9.17, 15) is 14.7 Å². The van der Waals surface area contributed by atoms with E-state index in [1.54, 1.807) is 24.4 Å². The topological polar surface area (TPSA) is 79.3 Å². The van der Waals surface area contributed by atoms with Crippen molar-refractivity contribution >= 4 is 28.2 Å². The second-order valence-corrected chi connectivity index (χ2v) is 7.13. The van der Waals surface area contributed by atoms with E-state index in [1.807, 2.05) is 66.7 Å². The van der Waals surface area contributed by atoms with Gasteiger partial charge in [-0.05, 0) is 40.6 Å². The zero-order chi connectivity index (χ0) is 21.0. The Hall–Kier alpha value is -3.99. The average molecular weight is 396 g/mol. The number of ketones is 1. The minimum atomic E-state index is -1.88. The molecule has 4 aromatic rings. The van der Waals surface area contributed by atoms with E-state index in [0.29, 0.717) is 5.69 Å². The molecule has 0 bridgehead atoms. The van der Waals surface area contributed by atoms with Crippen molar-refractivity contribution in [2.24, 2.45) is 0 Å². The molecule has 1 atom stereocenters. The number of rotatable bonds is 7. The summed E-state index contributed by atoms with van der Waals surface area (Å²) in [6, 6.07) is 25.7. The number of pyridine rings is 1. The second kappa shape index (κ2) is 8.17. The first-order valence-corrected chi connectivity index (χ1v) is 9.58. The fraction of sp³-hybridized carbons (Fsp3) is 0.0800. The SMILES string of the molecule is O=C(O)C(Cc1ccccc1)(Nc1ccc2ccccc2c1)C(=O)c1cccnc1. The van der Waals surface area contributed by atoms with Crippen LogP contribution in [0.5, 0.6) is 0 Å². The van der Waals surface area contributed by atoms with Crippen LogP contribution >= 0.6 is 0 Å². The smallest absolute Gasteiger partial charge is 0.337 e. The molecule has 1 aromatic heterocycles. The molecular formula is C25H20N2O3. The molecule has 0 aliphatic rings. The third-order valence-corrected chi connectivity index (χ3v) is 5.10. The fourth-order valence-electron chi connectivity index (χ4n) is 3.57. The van der Waals surface area contributed by atoms with Crippen LogP contribution in [0.1, 0.15) is 15.9 Å². The lowest BCUT2D eigenvalue weighted by atomic mass is 9.83. The Bertz CT molecular complexity index is 1190. The van der Waals surface area contributed by atoms with Crippen LogP contribution in [0, 0.1) is 0 Å². The molecule has 0 spiro atoms. The summed E-state index contributed by atoms with van der Waals surface area (Å²) >= 11 is 0. The van der Waals surface area contributed by atoms with Crippen LogP contribution in [-0.2, 0) is 11.2 Å². The molecule has 5 nitrogen and oxygen atoms in total. The Kier molecular flexibility index (Phi) is 5.26. The maximum atomic E-state index is 13.5. The van der Waals surface area contributed by atoms with Gasteiger partial charge in [0.25, 0.3) is 0 Å². The molecule has 0 aliphatic heterocycles. The van der Waals surface area contributed by atoms with E-state index >= 15 is 0 Å². The lowest BCUT2D eigenvalue weighted by Gasteiger charge is -2.30. The number of anilines is 1. The molecule has 0 radical (unpaired) electrons. The summed E-state index contributed by atoms with van der Waals surface area (Å²) in [7, 11) is 0. The van der Waals surface area contributed by atoms with Gasteiger partial charge < -0.3 is 10.4 Å². The van der Waals surface area contributed by atoms with Crippen molar-refractivity contribution in [3.8, 4) is 0 Å². The summed E-state index contributed by atoms with van der Waals surface area (Å²) in [6.45, 7) is 0. The summed E-state index contributed by atoms with van der Waals surface area (Å²) in [6.07, 6.45) is 2.93. The number of hydrogen-bond donors (Lipinski definition) is 2. The quantitative estimate of drug-likeness (QED) is 0.353. The number of hydrogen-bond acceptors (Lipinski definition) is 4. The Morgan fingerprint density at radius 3 is 2.30 bits per heavy atom. The van der Waals surface area contributed by atoms with Gasteiger partial charge in [-0.2, -0.15) is 0 Å². The van der Waals surface area contributed by atoms with Gasteiger partial charge in [0.1, 0.15) is 0 Å². The molecule has 0 saturated carbocycles. The number of aliphatic carboxylic acids is 1. The van der Waals surface area contributed by atoms with Gasteiger partial charge in [-0.25, -0.2) is 4.79 Å². The number of benzene rings is 3. The van der Waals surface area contributed by atoms with Crippen molar-refractivity contribution in [3.05, 3.63) is 108 Å². The molecule has 0 aliphatic carbocycles. The highest BCUT2D eigenvalue weighted by atomic mass is 16.4. The lowest BCUT2D eigenvalue weighted by molar-refractivity contribution is -0.140. The van der Waals surface area contributed by atoms with Crippen LogP contribution in [0.4, 0.5) is 5.69 Å². The number of fused-ring (bicyclic) bond motifs is 1. The number of carboxylic acids is 1. The summed E-state index contributed by atoms with van der Waals surface area (Å²) in [4.78, 5) is 30.1. The number of carboxylic acid groups (broad SMARTS) is 1. The minimum absolute atomic E-state index is 0.0102. The summed E-state index contributed by atoms with van der Waals surface area (Å²) in [5, 5.41) is 15.3. The predicted octanol–water partition coefficient (Wildman–Crippen LogP) is 4.60. The number of aromatic nitrogens is 1. The summed E-state index contributed by atoms with van der Waals surface area (Å²) in [5.41, 5.74) is -0.342. The van der Waals surface area contributed by atoms with Gasteiger partial charge in [-0.1, -0.05) is 60.7 Å². The van der Waals surface area contributed by atoms with E-state index < -0.39 is 17.3 Å². The summed E-state index contributed by atoms with van der Waals surface area (Å²) < 4.78 is 0. The first-order valence-electron chi connectivity index (χ1n) is 9.58. The van der Waals surface area contributed by atoms with Gasteiger partial charge in [-0.15, -0.1) is 0 Å². The van der Waals surface area contributed by atoms with Gasteiger partial charge in [0.2, 0.25) is 11.3 Å². The van der Waals surface area contributed by atoms with E-state index in [2.05, 4.69) is 10.3 Å². The lowest BCUT2D eigenvalue weighted by Crippen LogP contribution is -2.55. The first-order chi connectivity index (χ1) is 14.6. The number of nitrogens with one attached hydrogen (secondary N) is 1. The molecule has 1 unspecified atom stereocenters. The molecule has 0 amide bonds. The van der Waals surface area contributed by atoms with Crippen LogP contribution in [0.2, 0.25) is 0 Å². The average Bonchev–Trinajstić information content (AvgIpc) is 2.79. The molecule has 148 valence electrons. The molecular weight excluding hydrogens is 376 g/mol. The highest BCUT2D eigenvalue weighted by Gasteiger charge is 2.47. The van der Waals surface area contributed by atoms with E-state index in [1.165, 1.54) is 6.20 Å². The van der Waals surface area contributed by atoms with Crippen molar-refractivity contribution in [3.63, 3.8) is 0 Å². The van der Waals surface area contributed by atoms with Crippen LogP contribution in [0.25, 0.3) is 10.8 Å². The van der Waals surface area contributed by atoms with E-state index in [4.69, 9.17) is 0 Å². The van der Waals surface area contributed by atoms with Gasteiger partial charge in [0.05, 0.1) is 0 Å². The van der Waals surface area contributed by atoms with Crippen molar-refractivity contribution in [2.75, 3.05) is 5.32 Å². The fourth-order valence-corrected chi connectivity index (χ4v) is 3.57. The van der Waals surface area contributed by atoms with Crippen molar-refractivity contribution < 1.29 is 14.7 Å². The maximum Gasteiger partial charge on any atom is 0.337 e. The normalized spacial score (nSPS) is 12.8. The first kappa shape index (κ1) is 19.3. The third-order valence-electron chi connectivity index (χ3n) is 5.10. The van der Waals surface area contributed by atoms with E-state index in [-0.39, 0.29) is 12.0 Å². The van der Waals surface area contributed by atoms with E-state index in [0.717, 1.165) is 16.3 Å². The molecule has 30 heavy (non-hydrogen) atoms. The van der Waals surface area contributed by atoms with Crippen molar-refractivity contribution in [1.29, 1.82) is 0 Å². The van der Waals surface area contributed by atoms with Crippen molar-refractivity contribution in [1.82, 2.24) is 4.98 Å². The molecule has 0 fully saturated rings. The molecule has 1 heterocycles. The number of carbonyl (C=O) groups is 2. The predicted molar refractivity (Wildman–Crippen MR) is 117 cm³/mol. The molecule has 2 N–H and O–H groups in total. The maximum absolute atomic E-state index is 13.5. The standard InChI is InChI=1S/C25H20N2O3/c28-23(21-11-6-14-26-17-21)25(24(29)30,16-18-7-2-1-3-8-18)27-22-13-12-19-9-4-5-10-20(19)15-22/h1-15,17,27H,16H2,(H,29,30). The number of Topliss-reactive ketones (excluding diaryl/α,β-unsaturated/α-hetero) is 1. The summed E-state index contributed by atoms with van der Waals surface area (Å²) in [5.74, 6) is -1.78. The van der Waals surface area contributed by atoms with Crippen LogP contribution in [0.3, 0.4) is 0 Å². The van der Waals surface area contributed by atoms with Crippen LogP contribution in [-0.4, -0.2) is 27.4 Å². The highest BCUT2D eigenvalue weighted by Crippen LogP contribution is 2.27. The van der Waals surface area contributed by atoms with Gasteiger partial charge in [0.15, 0.2) is 0 Å². The molecule has 4 rings (SSSR count). The second-order valence-electron chi connectivity index (χ2n) is 7.13. The molecule has 3 aromatic carbocycles. The minimum Gasteiger partial charge on any atom is -0.479 e. The molecule has 5 heteroatoms. The number of carbonyl (C=O) groups excluding carboxylic acids is 1. The Morgan fingerprint density at radius 2 is 1.60 bits per heavy atom. The van der Waals surface area contributed by atoms with Crippen molar-refractivity contribution in [2.45, 2.75) is 12.0 Å². The highest BCUT2D eigenvalue weighted by molar-refractivity contribution is 6.18. The number of nitrogens with zero attached hydrogens (tertiary/aromatic N) is 1. The van der Waals surface area contributed by atoms with Crippen LogP contribution in [0.15, 0.2) is 97.3 Å². The Balaban J connectivity index is 1.82. The zero-order valence-corrected chi connectivity index (χ0v) is 16.2. The van der Waals surface area contributed by atoms with Gasteiger partial charge in [0, 0.05) is 30.1 Å². The monoisotopic (exact) mass is 396 g/mol.